The number of benzene rings is 2. The maximum atomic E-state index is 12.3. The topological polar surface area (TPSA) is 66.5 Å². The van der Waals surface area contributed by atoms with Crippen LogP contribution in [0.5, 0.6) is 0 Å². The Morgan fingerprint density at radius 2 is 1.64 bits per heavy atom. The lowest BCUT2D eigenvalue weighted by atomic mass is 10.1. The number of hydrogen-bond donors (Lipinski definition) is 1. The van der Waals surface area contributed by atoms with Crippen LogP contribution in [-0.4, -0.2) is 27.1 Å². The van der Waals surface area contributed by atoms with Gasteiger partial charge in [-0.25, -0.2) is 8.42 Å². The first-order valence-corrected chi connectivity index (χ1v) is 11.5. The van der Waals surface area contributed by atoms with E-state index in [-0.39, 0.29) is 12.5 Å². The predicted octanol–water partition coefficient (Wildman–Crippen LogP) is 4.74. The van der Waals surface area contributed by atoms with Gasteiger partial charge in [0.25, 0.3) is 5.91 Å². The van der Waals surface area contributed by atoms with E-state index < -0.39 is 10.0 Å². The number of nitrogens with zero attached hydrogens (tertiary/aromatic N) is 1. The maximum Gasteiger partial charge on any atom is 0.251 e. The highest BCUT2D eigenvalue weighted by Crippen LogP contribution is 2.29. The number of halogens is 2. The molecule has 0 spiro atoms. The van der Waals surface area contributed by atoms with Gasteiger partial charge in [-0.3, -0.25) is 9.10 Å². The van der Waals surface area contributed by atoms with Gasteiger partial charge >= 0.3 is 0 Å². The Bertz CT molecular complexity index is 909. The molecule has 0 saturated carbocycles. The number of carbonyl (C=O) groups excluding carboxylic acids is 1. The van der Waals surface area contributed by atoms with Gasteiger partial charge in [0.05, 0.1) is 18.5 Å². The van der Waals surface area contributed by atoms with Gasteiger partial charge in [-0.1, -0.05) is 43.1 Å². The molecule has 0 unspecified atom stereocenters. The van der Waals surface area contributed by atoms with Crippen LogP contribution in [0.15, 0.2) is 42.5 Å². The standard InChI is InChI=1S/C20H24Cl2N2O3S/c1-14(2)11-12-23-20(25)15-7-9-16(10-8-15)24(28(3,26)27)13-17-18(21)5-4-6-19(17)22/h4-10,14H,11-13H2,1-3H3,(H,23,25). The molecule has 0 heterocycles. The quantitative estimate of drug-likeness (QED) is 0.641. The molecule has 1 amide bonds. The second-order valence-electron chi connectivity index (χ2n) is 6.96. The van der Waals surface area contributed by atoms with Crippen LogP contribution in [0.4, 0.5) is 5.69 Å². The first-order valence-electron chi connectivity index (χ1n) is 8.88. The van der Waals surface area contributed by atoms with Gasteiger partial charge in [0.2, 0.25) is 10.0 Å². The minimum Gasteiger partial charge on any atom is -0.352 e. The van der Waals surface area contributed by atoms with Crippen molar-refractivity contribution in [1.82, 2.24) is 5.32 Å². The van der Waals surface area contributed by atoms with E-state index in [1.807, 2.05) is 0 Å². The molecular formula is C20H24Cl2N2O3S. The molecule has 8 heteroatoms. The van der Waals surface area contributed by atoms with E-state index in [0.717, 1.165) is 12.7 Å². The number of anilines is 1. The third kappa shape index (κ3) is 6.12. The Morgan fingerprint density at radius 1 is 1.07 bits per heavy atom. The summed E-state index contributed by atoms with van der Waals surface area (Å²) in [6.45, 7) is 4.77. The van der Waals surface area contributed by atoms with Crippen molar-refractivity contribution < 1.29 is 13.2 Å². The normalized spacial score (nSPS) is 11.5. The Labute approximate surface area is 176 Å². The van der Waals surface area contributed by atoms with Crippen LogP contribution in [0.2, 0.25) is 10.0 Å². The lowest BCUT2D eigenvalue weighted by molar-refractivity contribution is 0.0952. The predicted molar refractivity (Wildman–Crippen MR) is 116 cm³/mol. The van der Waals surface area contributed by atoms with Crippen molar-refractivity contribution in [3.05, 3.63) is 63.6 Å². The van der Waals surface area contributed by atoms with Crippen LogP contribution in [-0.2, 0) is 16.6 Å². The fourth-order valence-electron chi connectivity index (χ4n) is 2.58. The average Bonchev–Trinajstić information content (AvgIpc) is 2.60. The van der Waals surface area contributed by atoms with Crippen LogP contribution in [0.25, 0.3) is 0 Å². The van der Waals surface area contributed by atoms with Gasteiger partial charge in [0.1, 0.15) is 0 Å². The van der Waals surface area contributed by atoms with E-state index in [2.05, 4.69) is 19.2 Å². The van der Waals surface area contributed by atoms with E-state index in [4.69, 9.17) is 23.2 Å². The highest BCUT2D eigenvalue weighted by Gasteiger charge is 2.21. The molecule has 0 aromatic heterocycles. The number of rotatable bonds is 8. The summed E-state index contributed by atoms with van der Waals surface area (Å²) in [6, 6.07) is 11.4. The second kappa shape index (κ2) is 9.63. The van der Waals surface area contributed by atoms with E-state index in [1.54, 1.807) is 42.5 Å². The molecule has 2 rings (SSSR count). The number of nitrogens with one attached hydrogen (secondary N) is 1. The number of carbonyl (C=O) groups is 1. The minimum atomic E-state index is -3.59. The smallest absolute Gasteiger partial charge is 0.251 e. The Morgan fingerprint density at radius 3 is 2.14 bits per heavy atom. The molecule has 28 heavy (non-hydrogen) atoms. The number of hydrogen-bond acceptors (Lipinski definition) is 3. The van der Waals surface area contributed by atoms with Crippen LogP contribution in [0.3, 0.4) is 0 Å². The molecule has 5 nitrogen and oxygen atoms in total. The Balaban J connectivity index is 2.23. The van der Waals surface area contributed by atoms with Crippen molar-refractivity contribution in [3.8, 4) is 0 Å². The summed E-state index contributed by atoms with van der Waals surface area (Å²) in [7, 11) is -3.59. The zero-order valence-corrected chi connectivity index (χ0v) is 18.4. The summed E-state index contributed by atoms with van der Waals surface area (Å²) in [4.78, 5) is 12.2. The summed E-state index contributed by atoms with van der Waals surface area (Å²) >= 11 is 12.4. The van der Waals surface area contributed by atoms with Gasteiger partial charge < -0.3 is 5.32 Å². The first-order chi connectivity index (χ1) is 13.1. The molecule has 0 aliphatic heterocycles. The lowest BCUT2D eigenvalue weighted by Gasteiger charge is -2.23. The highest BCUT2D eigenvalue weighted by atomic mass is 35.5. The molecule has 0 saturated heterocycles. The molecule has 0 radical (unpaired) electrons. The Kier molecular flexibility index (Phi) is 7.75. The zero-order valence-electron chi connectivity index (χ0n) is 16.1. The van der Waals surface area contributed by atoms with Gasteiger partial charge in [0.15, 0.2) is 0 Å². The van der Waals surface area contributed by atoms with E-state index in [1.165, 1.54) is 4.31 Å². The number of sulfonamides is 1. The monoisotopic (exact) mass is 442 g/mol. The summed E-state index contributed by atoms with van der Waals surface area (Å²) < 4.78 is 25.9. The molecule has 0 bridgehead atoms. The fraction of sp³-hybridized carbons (Fsp3) is 0.350. The summed E-state index contributed by atoms with van der Waals surface area (Å²) in [6.07, 6.45) is 2.01. The molecule has 2 aromatic carbocycles. The van der Waals surface area contributed by atoms with Gasteiger partial charge in [-0.05, 0) is 48.7 Å². The van der Waals surface area contributed by atoms with Crippen molar-refractivity contribution in [3.63, 3.8) is 0 Å². The van der Waals surface area contributed by atoms with Gasteiger partial charge in [-0.2, -0.15) is 0 Å². The fourth-order valence-corrected chi connectivity index (χ4v) is 3.97. The van der Waals surface area contributed by atoms with Crippen molar-refractivity contribution >= 4 is 44.8 Å². The van der Waals surface area contributed by atoms with Gasteiger partial charge in [-0.15, -0.1) is 0 Å². The minimum absolute atomic E-state index is 0.00271. The van der Waals surface area contributed by atoms with Crippen molar-refractivity contribution in [2.45, 2.75) is 26.8 Å². The lowest BCUT2D eigenvalue weighted by Crippen LogP contribution is -2.30. The van der Waals surface area contributed by atoms with Crippen LogP contribution < -0.4 is 9.62 Å². The summed E-state index contributed by atoms with van der Waals surface area (Å²) in [5.74, 6) is 0.315. The van der Waals surface area contributed by atoms with Crippen molar-refractivity contribution in [1.29, 1.82) is 0 Å². The average molecular weight is 443 g/mol. The maximum absolute atomic E-state index is 12.3. The third-order valence-corrected chi connectivity index (χ3v) is 6.04. The third-order valence-electron chi connectivity index (χ3n) is 4.19. The van der Waals surface area contributed by atoms with Crippen LogP contribution in [0, 0.1) is 5.92 Å². The molecule has 2 aromatic rings. The van der Waals surface area contributed by atoms with Crippen molar-refractivity contribution in [2.75, 3.05) is 17.1 Å². The molecule has 0 aliphatic rings. The second-order valence-corrected chi connectivity index (χ2v) is 9.68. The van der Waals surface area contributed by atoms with Crippen LogP contribution in [0.1, 0.15) is 36.2 Å². The zero-order chi connectivity index (χ0) is 20.9. The van der Waals surface area contributed by atoms with Gasteiger partial charge in [0, 0.05) is 27.7 Å². The summed E-state index contributed by atoms with van der Waals surface area (Å²) in [5.41, 5.74) is 1.42. The van der Waals surface area contributed by atoms with Crippen LogP contribution >= 0.6 is 23.2 Å². The first kappa shape index (κ1) is 22.5. The molecule has 0 fully saturated rings. The largest absolute Gasteiger partial charge is 0.352 e. The molecule has 1 N–H and O–H groups in total. The van der Waals surface area contributed by atoms with E-state index >= 15 is 0 Å². The number of amides is 1. The molecular weight excluding hydrogens is 419 g/mol. The molecule has 152 valence electrons. The van der Waals surface area contributed by atoms with E-state index in [9.17, 15) is 13.2 Å². The van der Waals surface area contributed by atoms with Crippen molar-refractivity contribution in [2.24, 2.45) is 5.92 Å². The SMILES string of the molecule is CC(C)CCNC(=O)c1ccc(N(Cc2c(Cl)cccc2Cl)S(C)(=O)=O)cc1. The highest BCUT2D eigenvalue weighted by molar-refractivity contribution is 7.92. The Hall–Kier alpha value is -1.76. The van der Waals surface area contributed by atoms with E-state index in [0.29, 0.717) is 39.3 Å². The molecule has 0 aliphatic carbocycles. The summed E-state index contributed by atoms with van der Waals surface area (Å²) in [5, 5.41) is 3.64. The molecule has 0 atom stereocenters.